The molecule has 5 heteroatoms. The number of amides is 1. The maximum Gasteiger partial charge on any atom is 0.292 e. The highest BCUT2D eigenvalue weighted by atomic mass is 16.5. The van der Waals surface area contributed by atoms with Crippen LogP contribution in [0.2, 0.25) is 0 Å². The normalized spacial score (nSPS) is 11.5. The molecule has 0 bridgehead atoms. The summed E-state index contributed by atoms with van der Waals surface area (Å²) in [5, 5.41) is 3.53. The molecule has 5 nitrogen and oxygen atoms in total. The van der Waals surface area contributed by atoms with E-state index in [0.29, 0.717) is 19.6 Å². The molecule has 1 heterocycles. The first-order valence-corrected chi connectivity index (χ1v) is 5.40. The van der Waals surface area contributed by atoms with E-state index in [-0.39, 0.29) is 17.1 Å². The van der Waals surface area contributed by atoms with Gasteiger partial charge in [-0.05, 0) is 18.9 Å². The van der Waals surface area contributed by atoms with Gasteiger partial charge >= 0.3 is 0 Å². The largest absolute Gasteiger partial charge is 0.351 e. The third-order valence-corrected chi connectivity index (χ3v) is 2.49. The van der Waals surface area contributed by atoms with Gasteiger partial charge in [-0.15, -0.1) is 0 Å². The van der Waals surface area contributed by atoms with Crippen molar-refractivity contribution in [3.05, 3.63) is 18.0 Å². The minimum atomic E-state index is -0.137. The molecule has 16 heavy (non-hydrogen) atoms. The van der Waals surface area contributed by atoms with Gasteiger partial charge in [-0.1, -0.05) is 19.0 Å². The fourth-order valence-corrected chi connectivity index (χ4v) is 1.39. The molecule has 1 aromatic heterocycles. The lowest BCUT2D eigenvalue weighted by atomic mass is 9.93. The molecule has 0 unspecified atom stereocenters. The number of carbonyl (C=O) groups is 1. The lowest BCUT2D eigenvalue weighted by molar-refractivity contribution is 0.0659. The average molecular weight is 225 g/mol. The Bertz CT molecular complexity index is 333. The topological polar surface area (TPSA) is 72.4 Å². The first-order valence-electron chi connectivity index (χ1n) is 5.40. The van der Waals surface area contributed by atoms with Crippen molar-refractivity contribution in [1.82, 2.24) is 10.1 Å². The molecule has 0 aliphatic heterocycles. The third kappa shape index (κ3) is 3.06. The highest BCUT2D eigenvalue weighted by Crippen LogP contribution is 2.16. The van der Waals surface area contributed by atoms with E-state index in [2.05, 4.69) is 5.16 Å². The van der Waals surface area contributed by atoms with Crippen molar-refractivity contribution in [2.45, 2.75) is 20.8 Å². The van der Waals surface area contributed by atoms with Crippen LogP contribution in [0, 0.1) is 5.41 Å². The molecule has 1 rings (SSSR count). The summed E-state index contributed by atoms with van der Waals surface area (Å²) in [6.07, 6.45) is 1.47. The number of rotatable bonds is 5. The molecule has 0 radical (unpaired) electrons. The van der Waals surface area contributed by atoms with Crippen LogP contribution in [-0.2, 0) is 0 Å². The number of nitrogens with zero attached hydrogens (tertiary/aromatic N) is 2. The van der Waals surface area contributed by atoms with Crippen molar-refractivity contribution >= 4 is 5.91 Å². The Morgan fingerprint density at radius 1 is 1.62 bits per heavy atom. The molecule has 0 atom stereocenters. The van der Waals surface area contributed by atoms with Gasteiger partial charge in [0.25, 0.3) is 5.91 Å². The molecule has 0 aliphatic rings. The number of hydrogen-bond donors (Lipinski definition) is 1. The number of nitrogens with two attached hydrogens (primary N) is 1. The molecule has 0 fully saturated rings. The first kappa shape index (κ1) is 12.7. The number of aromatic nitrogens is 1. The van der Waals surface area contributed by atoms with Crippen LogP contribution in [0.25, 0.3) is 0 Å². The highest BCUT2D eigenvalue weighted by molar-refractivity contribution is 5.91. The fourth-order valence-electron chi connectivity index (χ4n) is 1.39. The minimum Gasteiger partial charge on any atom is -0.351 e. The Labute approximate surface area is 95.6 Å². The number of hydrogen-bond acceptors (Lipinski definition) is 4. The van der Waals surface area contributed by atoms with Crippen molar-refractivity contribution in [2.24, 2.45) is 11.1 Å². The molecule has 1 amide bonds. The highest BCUT2D eigenvalue weighted by Gasteiger charge is 2.25. The Kier molecular flexibility index (Phi) is 4.06. The van der Waals surface area contributed by atoms with E-state index in [1.165, 1.54) is 6.20 Å². The molecule has 0 saturated carbocycles. The van der Waals surface area contributed by atoms with Gasteiger partial charge in [-0.25, -0.2) is 0 Å². The lowest BCUT2D eigenvalue weighted by Gasteiger charge is -2.30. The van der Waals surface area contributed by atoms with Gasteiger partial charge in [0.1, 0.15) is 0 Å². The predicted octanol–water partition coefficient (Wildman–Crippen LogP) is 1.12. The van der Waals surface area contributed by atoms with Crippen molar-refractivity contribution in [3.63, 3.8) is 0 Å². The second-order valence-electron chi connectivity index (χ2n) is 4.56. The Balaban J connectivity index is 2.72. The van der Waals surface area contributed by atoms with Gasteiger partial charge in [-0.2, -0.15) is 0 Å². The maximum absolute atomic E-state index is 12.0. The van der Waals surface area contributed by atoms with Crippen LogP contribution in [0.5, 0.6) is 0 Å². The van der Waals surface area contributed by atoms with E-state index in [4.69, 9.17) is 10.3 Å². The quantitative estimate of drug-likeness (QED) is 0.815. The van der Waals surface area contributed by atoms with Crippen LogP contribution in [0.4, 0.5) is 0 Å². The predicted molar refractivity (Wildman–Crippen MR) is 60.9 cm³/mol. The third-order valence-electron chi connectivity index (χ3n) is 2.49. The monoisotopic (exact) mass is 225 g/mol. The summed E-state index contributed by atoms with van der Waals surface area (Å²) in [5.41, 5.74) is 5.56. The first-order chi connectivity index (χ1) is 7.50. The van der Waals surface area contributed by atoms with E-state index in [1.54, 1.807) is 11.0 Å². The van der Waals surface area contributed by atoms with Crippen LogP contribution in [-0.4, -0.2) is 35.6 Å². The second-order valence-corrected chi connectivity index (χ2v) is 4.56. The van der Waals surface area contributed by atoms with E-state index in [1.807, 2.05) is 20.8 Å². The molecule has 0 spiro atoms. The molecule has 1 aromatic rings. The van der Waals surface area contributed by atoms with E-state index < -0.39 is 0 Å². The number of carbonyl (C=O) groups excluding carboxylic acids is 1. The maximum atomic E-state index is 12.0. The van der Waals surface area contributed by atoms with E-state index in [9.17, 15) is 4.79 Å². The summed E-state index contributed by atoms with van der Waals surface area (Å²) in [7, 11) is 0. The molecule has 2 N–H and O–H groups in total. The van der Waals surface area contributed by atoms with Gasteiger partial charge in [0.15, 0.2) is 0 Å². The zero-order chi connectivity index (χ0) is 12.2. The van der Waals surface area contributed by atoms with Gasteiger partial charge in [0.05, 0.1) is 6.20 Å². The standard InChI is InChI=1S/C11H19N3O2/c1-4-14(8-11(2,3)7-12)10(15)9-5-6-13-16-9/h5-6H,4,7-8,12H2,1-3H3. The minimum absolute atomic E-state index is 0.0916. The Morgan fingerprint density at radius 3 is 2.75 bits per heavy atom. The Hall–Kier alpha value is -1.36. The van der Waals surface area contributed by atoms with Crippen LogP contribution in [0.1, 0.15) is 31.3 Å². The van der Waals surface area contributed by atoms with E-state index >= 15 is 0 Å². The molecular formula is C11H19N3O2. The summed E-state index contributed by atoms with van der Waals surface area (Å²) in [6.45, 7) is 7.77. The van der Waals surface area contributed by atoms with Crippen molar-refractivity contribution in [1.29, 1.82) is 0 Å². The van der Waals surface area contributed by atoms with Gasteiger partial charge in [0.2, 0.25) is 5.76 Å². The molecule has 0 aromatic carbocycles. The van der Waals surface area contributed by atoms with Crippen molar-refractivity contribution in [2.75, 3.05) is 19.6 Å². The average Bonchev–Trinajstić information content (AvgIpc) is 2.78. The van der Waals surface area contributed by atoms with Crippen LogP contribution in [0.15, 0.2) is 16.8 Å². The van der Waals surface area contributed by atoms with Crippen LogP contribution >= 0.6 is 0 Å². The van der Waals surface area contributed by atoms with Crippen LogP contribution < -0.4 is 5.73 Å². The molecule has 0 aliphatic carbocycles. The summed E-state index contributed by atoms with van der Waals surface area (Å²) in [4.78, 5) is 13.7. The van der Waals surface area contributed by atoms with Crippen molar-refractivity contribution in [3.8, 4) is 0 Å². The zero-order valence-electron chi connectivity index (χ0n) is 10.1. The summed E-state index contributed by atoms with van der Waals surface area (Å²) in [5.74, 6) is 0.135. The SMILES string of the molecule is CCN(CC(C)(C)CN)C(=O)c1ccno1. The fraction of sp³-hybridized carbons (Fsp3) is 0.636. The summed E-state index contributed by atoms with van der Waals surface area (Å²) >= 11 is 0. The zero-order valence-corrected chi connectivity index (χ0v) is 10.1. The molecular weight excluding hydrogens is 206 g/mol. The second kappa shape index (κ2) is 5.12. The summed E-state index contributed by atoms with van der Waals surface area (Å²) in [6, 6.07) is 1.57. The van der Waals surface area contributed by atoms with Gasteiger partial charge in [0, 0.05) is 19.2 Å². The van der Waals surface area contributed by atoms with Gasteiger partial charge in [-0.3, -0.25) is 4.79 Å². The smallest absolute Gasteiger partial charge is 0.292 e. The van der Waals surface area contributed by atoms with Gasteiger partial charge < -0.3 is 15.2 Å². The van der Waals surface area contributed by atoms with Crippen LogP contribution in [0.3, 0.4) is 0 Å². The summed E-state index contributed by atoms with van der Waals surface area (Å²) < 4.78 is 4.85. The Morgan fingerprint density at radius 2 is 2.31 bits per heavy atom. The molecule has 0 saturated heterocycles. The lowest BCUT2D eigenvalue weighted by Crippen LogP contribution is -2.41. The van der Waals surface area contributed by atoms with E-state index in [0.717, 1.165) is 0 Å². The van der Waals surface area contributed by atoms with Crippen molar-refractivity contribution < 1.29 is 9.32 Å². The molecule has 90 valence electrons.